The molecule has 0 spiro atoms. The van der Waals surface area contributed by atoms with E-state index in [0.717, 1.165) is 43.4 Å². The number of aliphatic hydroxyl groups excluding tert-OH is 1. The molecule has 1 aliphatic heterocycles. The van der Waals surface area contributed by atoms with E-state index in [-0.39, 0.29) is 17.9 Å². The number of hydrogen-bond donors (Lipinski definition) is 1. The lowest BCUT2D eigenvalue weighted by atomic mass is 10.1. The van der Waals surface area contributed by atoms with E-state index in [4.69, 9.17) is 23.9 Å². The molecule has 0 atom stereocenters. The number of unbranched alkanes of at least 4 members (excludes halogenated alkanes) is 4. The van der Waals surface area contributed by atoms with E-state index >= 15 is 0 Å². The molecular weight excluding hydrogens is 508 g/mol. The number of amidine groups is 1. The van der Waals surface area contributed by atoms with Gasteiger partial charge in [-0.05, 0) is 48.6 Å². The highest BCUT2D eigenvalue weighted by Gasteiger charge is 2.33. The second-order valence-corrected chi connectivity index (χ2v) is 10.4. The number of aliphatic imine (C=N–C) groups is 1. The van der Waals surface area contributed by atoms with Gasteiger partial charge in [0.1, 0.15) is 46.7 Å². The van der Waals surface area contributed by atoms with Crippen LogP contribution in [-0.2, 0) is 16.1 Å². The Kier molecular flexibility index (Phi) is 12.2. The number of esters is 1. The lowest BCUT2D eigenvalue weighted by Crippen LogP contribution is -2.35. The van der Waals surface area contributed by atoms with Gasteiger partial charge in [0.15, 0.2) is 0 Å². The third kappa shape index (κ3) is 8.93. The third-order valence-corrected chi connectivity index (χ3v) is 6.76. The normalized spacial score (nSPS) is 13.6. The summed E-state index contributed by atoms with van der Waals surface area (Å²) in [5.74, 6) is 2.18. The highest BCUT2D eigenvalue weighted by atomic mass is 16.5. The maximum absolute atomic E-state index is 12.8. The average Bonchev–Trinajstić information content (AvgIpc) is 3.28. The van der Waals surface area contributed by atoms with E-state index in [2.05, 4.69) is 20.8 Å². The van der Waals surface area contributed by atoms with Crippen LogP contribution in [0.25, 0.3) is 0 Å². The summed E-state index contributed by atoms with van der Waals surface area (Å²) in [6.07, 6.45) is 6.45. The quantitative estimate of drug-likeness (QED) is 0.104. The van der Waals surface area contributed by atoms with E-state index in [9.17, 15) is 9.90 Å². The van der Waals surface area contributed by atoms with Crippen LogP contribution in [0.5, 0.6) is 17.2 Å². The molecule has 0 radical (unpaired) electrons. The molecule has 0 fully saturated rings. The van der Waals surface area contributed by atoms with Gasteiger partial charge in [0.25, 0.3) is 0 Å². The molecule has 8 heteroatoms. The van der Waals surface area contributed by atoms with Crippen LogP contribution in [0.3, 0.4) is 0 Å². The molecule has 3 rings (SSSR count). The van der Waals surface area contributed by atoms with Crippen molar-refractivity contribution in [1.82, 2.24) is 4.90 Å². The zero-order valence-electron chi connectivity index (χ0n) is 24.6. The van der Waals surface area contributed by atoms with Crippen molar-refractivity contribution in [3.05, 3.63) is 59.4 Å². The Morgan fingerprint density at radius 2 is 1.75 bits per heavy atom. The fourth-order valence-electron chi connectivity index (χ4n) is 4.38. The van der Waals surface area contributed by atoms with Crippen LogP contribution in [0.15, 0.2) is 58.8 Å². The predicted molar refractivity (Wildman–Crippen MR) is 158 cm³/mol. The molecule has 218 valence electrons. The van der Waals surface area contributed by atoms with Crippen LogP contribution in [-0.4, -0.2) is 55.8 Å². The van der Waals surface area contributed by atoms with Crippen LogP contribution < -0.4 is 14.2 Å². The molecule has 0 saturated heterocycles. The Morgan fingerprint density at radius 3 is 2.38 bits per heavy atom. The maximum Gasteiger partial charge on any atom is 0.345 e. The van der Waals surface area contributed by atoms with E-state index in [1.54, 1.807) is 32.4 Å². The van der Waals surface area contributed by atoms with Gasteiger partial charge in [0, 0.05) is 19.2 Å². The molecule has 0 unspecified atom stereocenters. The van der Waals surface area contributed by atoms with E-state index < -0.39 is 5.97 Å². The van der Waals surface area contributed by atoms with E-state index in [1.165, 1.54) is 6.42 Å². The molecule has 0 aromatic heterocycles. The second-order valence-electron chi connectivity index (χ2n) is 10.4. The molecule has 2 aromatic rings. The highest BCUT2D eigenvalue weighted by molar-refractivity contribution is 6.20. The Morgan fingerprint density at radius 1 is 1.02 bits per heavy atom. The number of rotatable bonds is 16. The summed E-state index contributed by atoms with van der Waals surface area (Å²) in [6.45, 7) is 8.20. The van der Waals surface area contributed by atoms with Crippen molar-refractivity contribution < 1.29 is 28.8 Å². The molecule has 0 amide bonds. The van der Waals surface area contributed by atoms with Crippen molar-refractivity contribution in [1.29, 1.82) is 0 Å². The highest BCUT2D eigenvalue weighted by Crippen LogP contribution is 2.33. The number of carbonyl (C=O) groups is 1. The molecule has 40 heavy (non-hydrogen) atoms. The minimum Gasteiger partial charge on any atom is -0.508 e. The number of aliphatic hydroxyl groups is 1. The molecule has 1 heterocycles. The molecular formula is C32H44N2O6. The van der Waals surface area contributed by atoms with Crippen LogP contribution in [0.2, 0.25) is 0 Å². The largest absolute Gasteiger partial charge is 0.508 e. The predicted octanol–water partition coefficient (Wildman–Crippen LogP) is 7.00. The number of carbonyl (C=O) groups excluding carboxylic acids is 1. The summed E-state index contributed by atoms with van der Waals surface area (Å²) in [4.78, 5) is 19.8. The average molecular weight is 553 g/mol. The van der Waals surface area contributed by atoms with Gasteiger partial charge in [-0.15, -0.1) is 0 Å². The first kappa shape index (κ1) is 30.9. The van der Waals surface area contributed by atoms with Gasteiger partial charge in [-0.1, -0.05) is 58.6 Å². The molecule has 0 bridgehead atoms. The minimum atomic E-state index is -0.589. The van der Waals surface area contributed by atoms with Crippen LogP contribution in [0.1, 0.15) is 64.9 Å². The van der Waals surface area contributed by atoms with Crippen molar-refractivity contribution in [2.75, 3.05) is 34.0 Å². The van der Waals surface area contributed by atoms with Gasteiger partial charge in [0.05, 0.1) is 20.8 Å². The number of nitrogens with zero attached hydrogens (tertiary/aromatic N) is 2. The third-order valence-electron chi connectivity index (χ3n) is 6.76. The Hall–Kier alpha value is -3.68. The van der Waals surface area contributed by atoms with Crippen LogP contribution >= 0.6 is 0 Å². The molecule has 1 aliphatic rings. The smallest absolute Gasteiger partial charge is 0.345 e. The fraction of sp³-hybridized carbons (Fsp3) is 0.500. The Bertz CT molecular complexity index is 1160. The number of hydrogen-bond acceptors (Lipinski definition) is 7. The van der Waals surface area contributed by atoms with Crippen molar-refractivity contribution in [2.45, 2.75) is 65.8 Å². The van der Waals surface area contributed by atoms with Crippen molar-refractivity contribution in [3.8, 4) is 17.2 Å². The van der Waals surface area contributed by atoms with Gasteiger partial charge < -0.3 is 29.0 Å². The molecule has 0 aliphatic carbocycles. The maximum atomic E-state index is 12.8. The summed E-state index contributed by atoms with van der Waals surface area (Å²) in [6, 6.07) is 13.3. The number of benzene rings is 2. The molecule has 0 saturated carbocycles. The molecule has 8 nitrogen and oxygen atoms in total. The lowest BCUT2D eigenvalue weighted by molar-refractivity contribution is -0.135. The molecule has 2 aromatic carbocycles. The van der Waals surface area contributed by atoms with Crippen LogP contribution in [0.4, 0.5) is 5.69 Å². The molecule has 1 N–H and O–H groups in total. The van der Waals surface area contributed by atoms with Crippen molar-refractivity contribution >= 4 is 17.5 Å². The zero-order valence-corrected chi connectivity index (χ0v) is 24.6. The topological polar surface area (TPSA) is 89.8 Å². The minimum absolute atomic E-state index is 0.0834. The van der Waals surface area contributed by atoms with Gasteiger partial charge in [-0.3, -0.25) is 0 Å². The van der Waals surface area contributed by atoms with Gasteiger partial charge in [0.2, 0.25) is 0 Å². The number of ether oxygens (including phenoxy) is 4. The Labute approximate surface area is 238 Å². The number of cyclic esters (lactones) is 1. The standard InChI is InChI=1S/C32H44N2O6/c1-6-7-8-9-10-18-34(21-24-11-13-25(14-12-24)39-19-17-23(2)3)31(30-28(35)22-40-32(30)36)33-27-16-15-26(37-4)20-29(27)38-5/h11-16,20,23,35H,6-10,17-19,21-22H2,1-5H3. The van der Waals surface area contributed by atoms with Gasteiger partial charge in [-0.2, -0.15) is 0 Å². The van der Waals surface area contributed by atoms with Crippen LogP contribution in [0, 0.1) is 5.92 Å². The summed E-state index contributed by atoms with van der Waals surface area (Å²) in [5, 5.41) is 10.7. The van der Waals surface area contributed by atoms with Gasteiger partial charge in [-0.25, -0.2) is 9.79 Å². The summed E-state index contributed by atoms with van der Waals surface area (Å²) in [5.41, 5.74) is 1.63. The zero-order chi connectivity index (χ0) is 28.9. The second kappa shape index (κ2) is 15.8. The fourth-order valence-corrected chi connectivity index (χ4v) is 4.38. The number of methoxy groups -OCH3 is 2. The first-order chi connectivity index (χ1) is 19.4. The summed E-state index contributed by atoms with van der Waals surface area (Å²) < 4.78 is 22.0. The lowest BCUT2D eigenvalue weighted by Gasteiger charge is -2.27. The first-order valence-electron chi connectivity index (χ1n) is 14.2. The van der Waals surface area contributed by atoms with Crippen molar-refractivity contribution in [3.63, 3.8) is 0 Å². The monoisotopic (exact) mass is 552 g/mol. The SMILES string of the molecule is CCCCCCCN(Cc1ccc(OCCC(C)C)cc1)C(=Nc1ccc(OC)cc1OC)C1=C(O)COC1=O. The first-order valence-corrected chi connectivity index (χ1v) is 14.2. The Balaban J connectivity index is 1.96. The van der Waals surface area contributed by atoms with Gasteiger partial charge >= 0.3 is 5.97 Å². The summed E-state index contributed by atoms with van der Waals surface area (Å²) in [7, 11) is 3.14. The van der Waals surface area contributed by atoms with Crippen molar-refractivity contribution in [2.24, 2.45) is 10.9 Å². The van der Waals surface area contributed by atoms with E-state index in [1.807, 2.05) is 29.2 Å². The van der Waals surface area contributed by atoms with E-state index in [0.29, 0.717) is 48.6 Å². The summed E-state index contributed by atoms with van der Waals surface area (Å²) >= 11 is 0.